The zero-order valence-corrected chi connectivity index (χ0v) is 13.5. The van der Waals surface area contributed by atoms with Gasteiger partial charge in [0.05, 0.1) is 0 Å². The van der Waals surface area contributed by atoms with E-state index in [-0.39, 0.29) is 6.04 Å². The van der Waals surface area contributed by atoms with Crippen molar-refractivity contribution in [2.45, 2.75) is 13.0 Å². The molecule has 0 saturated carbocycles. The predicted molar refractivity (Wildman–Crippen MR) is 95.1 cm³/mol. The Bertz CT molecular complexity index is 731. The number of fused-ring (bicyclic) bond motifs is 1. The van der Waals surface area contributed by atoms with Crippen LogP contribution in [0.1, 0.15) is 18.5 Å². The summed E-state index contributed by atoms with van der Waals surface area (Å²) < 4.78 is 1.25. The van der Waals surface area contributed by atoms with Crippen molar-refractivity contribution in [2.24, 2.45) is 0 Å². The van der Waals surface area contributed by atoms with Crippen molar-refractivity contribution in [3.8, 4) is 0 Å². The van der Waals surface area contributed by atoms with Crippen LogP contribution in [-0.4, -0.2) is 0 Å². The molecule has 0 aliphatic rings. The number of hydrogen-bond acceptors (Lipinski definition) is 1. The van der Waals surface area contributed by atoms with Gasteiger partial charge in [-0.05, 0) is 64.0 Å². The van der Waals surface area contributed by atoms with Crippen LogP contribution in [-0.2, 0) is 0 Å². The molecule has 1 nitrogen and oxygen atoms in total. The van der Waals surface area contributed by atoms with Crippen molar-refractivity contribution < 1.29 is 0 Å². The van der Waals surface area contributed by atoms with Crippen LogP contribution in [0, 0.1) is 3.57 Å². The summed E-state index contributed by atoms with van der Waals surface area (Å²) in [5.41, 5.74) is 2.50. The van der Waals surface area contributed by atoms with E-state index in [9.17, 15) is 0 Å². The molecule has 3 aromatic carbocycles. The van der Waals surface area contributed by atoms with Gasteiger partial charge in [-0.1, -0.05) is 48.5 Å². The molecule has 0 saturated heterocycles. The molecule has 1 N–H and O–H groups in total. The van der Waals surface area contributed by atoms with Gasteiger partial charge in [-0.2, -0.15) is 0 Å². The Labute approximate surface area is 133 Å². The van der Waals surface area contributed by atoms with E-state index in [1.54, 1.807) is 0 Å². The first kappa shape index (κ1) is 13.4. The summed E-state index contributed by atoms with van der Waals surface area (Å²) in [6.07, 6.45) is 0. The van der Waals surface area contributed by atoms with Crippen molar-refractivity contribution >= 4 is 39.1 Å². The van der Waals surface area contributed by atoms with Crippen molar-refractivity contribution in [3.05, 3.63) is 75.9 Å². The van der Waals surface area contributed by atoms with Crippen LogP contribution in [0.15, 0.2) is 66.7 Å². The van der Waals surface area contributed by atoms with Gasteiger partial charge in [0.2, 0.25) is 0 Å². The van der Waals surface area contributed by atoms with Gasteiger partial charge in [-0.25, -0.2) is 0 Å². The van der Waals surface area contributed by atoms with Gasteiger partial charge < -0.3 is 5.32 Å². The molecule has 0 radical (unpaired) electrons. The van der Waals surface area contributed by atoms with Crippen molar-refractivity contribution in [1.29, 1.82) is 0 Å². The lowest BCUT2D eigenvalue weighted by molar-refractivity contribution is 0.894. The summed E-state index contributed by atoms with van der Waals surface area (Å²) in [6, 6.07) is 23.8. The van der Waals surface area contributed by atoms with Crippen LogP contribution in [0.5, 0.6) is 0 Å². The van der Waals surface area contributed by atoms with Gasteiger partial charge >= 0.3 is 0 Å². The lowest BCUT2D eigenvalue weighted by atomic mass is 9.99. The molecule has 0 aliphatic heterocycles. The number of nitrogens with one attached hydrogen (secondary N) is 1. The number of halogens is 1. The highest BCUT2D eigenvalue weighted by atomic mass is 127. The van der Waals surface area contributed by atoms with Crippen LogP contribution in [0.4, 0.5) is 5.69 Å². The number of rotatable bonds is 3. The average Bonchev–Trinajstić information content (AvgIpc) is 2.46. The van der Waals surface area contributed by atoms with Gasteiger partial charge in [-0.3, -0.25) is 0 Å². The summed E-state index contributed by atoms with van der Waals surface area (Å²) in [5, 5.41) is 6.20. The van der Waals surface area contributed by atoms with Crippen molar-refractivity contribution in [2.75, 3.05) is 5.32 Å². The molecule has 1 unspecified atom stereocenters. The monoisotopic (exact) mass is 373 g/mol. The van der Waals surface area contributed by atoms with E-state index in [1.165, 1.54) is 19.9 Å². The number of hydrogen-bond donors (Lipinski definition) is 1. The molecular weight excluding hydrogens is 357 g/mol. The lowest BCUT2D eigenvalue weighted by Crippen LogP contribution is -2.07. The Hall–Kier alpha value is -1.55. The highest BCUT2D eigenvalue weighted by Gasteiger charge is 2.08. The van der Waals surface area contributed by atoms with Crippen LogP contribution < -0.4 is 5.32 Å². The Balaban J connectivity index is 1.94. The maximum atomic E-state index is 3.59. The Morgan fingerprint density at radius 2 is 1.65 bits per heavy atom. The third kappa shape index (κ3) is 2.80. The summed E-state index contributed by atoms with van der Waals surface area (Å²) >= 11 is 2.34. The van der Waals surface area contributed by atoms with E-state index in [1.807, 2.05) is 0 Å². The standard InChI is InChI=1S/C18H16IN/c1-13(20-16-9-5-8-15(19)12-16)17-11-4-7-14-6-2-3-10-18(14)17/h2-13,20H,1H3. The molecule has 20 heavy (non-hydrogen) atoms. The molecule has 0 fully saturated rings. The topological polar surface area (TPSA) is 12.0 Å². The highest BCUT2D eigenvalue weighted by Crippen LogP contribution is 2.27. The van der Waals surface area contributed by atoms with Gasteiger partial charge in [0, 0.05) is 15.3 Å². The third-order valence-corrected chi connectivity index (χ3v) is 4.17. The Kier molecular flexibility index (Phi) is 3.92. The third-order valence-electron chi connectivity index (χ3n) is 3.50. The smallest absolute Gasteiger partial charge is 0.0491 e. The average molecular weight is 373 g/mol. The fourth-order valence-corrected chi connectivity index (χ4v) is 3.08. The number of benzene rings is 3. The molecule has 2 heteroatoms. The molecule has 0 aliphatic carbocycles. The summed E-state index contributed by atoms with van der Waals surface area (Å²) in [4.78, 5) is 0. The minimum atomic E-state index is 0.277. The van der Waals surface area contributed by atoms with E-state index >= 15 is 0 Å². The lowest BCUT2D eigenvalue weighted by Gasteiger charge is -2.18. The van der Waals surface area contributed by atoms with E-state index < -0.39 is 0 Å². The SMILES string of the molecule is CC(Nc1cccc(I)c1)c1cccc2ccccc12. The van der Waals surface area contributed by atoms with E-state index in [2.05, 4.69) is 102 Å². The quantitative estimate of drug-likeness (QED) is 0.588. The van der Waals surface area contributed by atoms with Gasteiger partial charge in [-0.15, -0.1) is 0 Å². The summed E-state index contributed by atoms with van der Waals surface area (Å²) in [6.45, 7) is 2.21. The van der Waals surface area contributed by atoms with E-state index in [0.29, 0.717) is 0 Å². The highest BCUT2D eigenvalue weighted by molar-refractivity contribution is 14.1. The first-order valence-corrected chi connectivity index (χ1v) is 7.82. The largest absolute Gasteiger partial charge is 0.378 e. The van der Waals surface area contributed by atoms with Crippen molar-refractivity contribution in [3.63, 3.8) is 0 Å². The molecule has 0 heterocycles. The second kappa shape index (κ2) is 5.83. The molecule has 100 valence electrons. The summed E-state index contributed by atoms with van der Waals surface area (Å²) in [5.74, 6) is 0. The molecular formula is C18H16IN. The maximum absolute atomic E-state index is 3.59. The minimum Gasteiger partial charge on any atom is -0.378 e. The normalized spacial score (nSPS) is 12.3. The molecule has 0 bridgehead atoms. The molecule has 0 aromatic heterocycles. The second-order valence-corrected chi connectivity index (χ2v) is 6.19. The zero-order valence-electron chi connectivity index (χ0n) is 11.3. The predicted octanol–water partition coefficient (Wildman–Crippen LogP) is 5.62. The fraction of sp³-hybridized carbons (Fsp3) is 0.111. The molecule has 0 spiro atoms. The Morgan fingerprint density at radius 1 is 0.900 bits per heavy atom. The molecule has 3 aromatic rings. The van der Waals surface area contributed by atoms with Crippen LogP contribution in [0.2, 0.25) is 0 Å². The van der Waals surface area contributed by atoms with Gasteiger partial charge in [0.1, 0.15) is 0 Å². The molecule has 3 rings (SSSR count). The number of anilines is 1. The Morgan fingerprint density at radius 3 is 2.50 bits per heavy atom. The second-order valence-electron chi connectivity index (χ2n) is 4.94. The van der Waals surface area contributed by atoms with Gasteiger partial charge in [0.25, 0.3) is 0 Å². The first-order chi connectivity index (χ1) is 9.74. The van der Waals surface area contributed by atoms with Crippen molar-refractivity contribution in [1.82, 2.24) is 0 Å². The van der Waals surface area contributed by atoms with Crippen LogP contribution in [0.25, 0.3) is 10.8 Å². The first-order valence-electron chi connectivity index (χ1n) is 6.74. The zero-order chi connectivity index (χ0) is 13.9. The van der Waals surface area contributed by atoms with Crippen LogP contribution in [0.3, 0.4) is 0 Å². The fourth-order valence-electron chi connectivity index (χ4n) is 2.53. The van der Waals surface area contributed by atoms with Gasteiger partial charge in [0.15, 0.2) is 0 Å². The maximum Gasteiger partial charge on any atom is 0.0491 e. The molecule has 0 amide bonds. The molecule has 1 atom stereocenters. The van der Waals surface area contributed by atoms with E-state index in [0.717, 1.165) is 5.69 Å². The summed E-state index contributed by atoms with van der Waals surface area (Å²) in [7, 11) is 0. The van der Waals surface area contributed by atoms with Crippen LogP contribution >= 0.6 is 22.6 Å². The van der Waals surface area contributed by atoms with E-state index in [4.69, 9.17) is 0 Å². The minimum absolute atomic E-state index is 0.277.